The molecule has 146 valence electrons. The molecule has 2 rings (SSSR count). The average molecular weight is 389 g/mol. The standard InChI is InChI=1S/C20H28N4O2S/c1-5-22-20(24-14-18-10-9-15(2)11-16(18)3)23-13-17-7-6-8-19(12-17)27(25,26)21-4/h6-12,21H,5,13-14H2,1-4H3,(H2,22,23,24). The molecule has 0 aliphatic rings. The fraction of sp³-hybridized carbons (Fsp3) is 0.350. The quantitative estimate of drug-likeness (QED) is 0.503. The van der Waals surface area contributed by atoms with Gasteiger partial charge in [-0.3, -0.25) is 0 Å². The monoisotopic (exact) mass is 388 g/mol. The van der Waals surface area contributed by atoms with Crippen LogP contribution in [0.5, 0.6) is 0 Å². The fourth-order valence-electron chi connectivity index (χ4n) is 2.66. The van der Waals surface area contributed by atoms with Gasteiger partial charge in [0.05, 0.1) is 11.4 Å². The molecule has 0 aromatic heterocycles. The number of benzene rings is 2. The summed E-state index contributed by atoms with van der Waals surface area (Å²) in [7, 11) is -2.05. The Hall–Kier alpha value is -2.38. The van der Waals surface area contributed by atoms with Gasteiger partial charge in [-0.05, 0) is 56.6 Å². The van der Waals surface area contributed by atoms with Crippen LogP contribution in [0.15, 0.2) is 52.4 Å². The minimum Gasteiger partial charge on any atom is -0.357 e. The van der Waals surface area contributed by atoms with Gasteiger partial charge in [0.15, 0.2) is 5.96 Å². The zero-order valence-corrected chi connectivity index (χ0v) is 17.2. The number of rotatable bonds is 7. The molecule has 0 aliphatic carbocycles. The van der Waals surface area contributed by atoms with Crippen molar-refractivity contribution in [1.29, 1.82) is 0 Å². The van der Waals surface area contributed by atoms with Crippen molar-refractivity contribution in [2.75, 3.05) is 13.6 Å². The zero-order chi connectivity index (χ0) is 19.9. The lowest BCUT2D eigenvalue weighted by molar-refractivity contribution is 0.588. The Morgan fingerprint density at radius 2 is 1.85 bits per heavy atom. The number of guanidine groups is 1. The van der Waals surface area contributed by atoms with Crippen LogP contribution < -0.4 is 15.4 Å². The number of hydrogen-bond acceptors (Lipinski definition) is 3. The predicted octanol–water partition coefficient (Wildman–Crippen LogP) is 2.47. The van der Waals surface area contributed by atoms with E-state index in [1.807, 2.05) is 13.0 Å². The van der Waals surface area contributed by atoms with Gasteiger partial charge in [-0.1, -0.05) is 35.9 Å². The van der Waals surface area contributed by atoms with Gasteiger partial charge in [-0.15, -0.1) is 0 Å². The van der Waals surface area contributed by atoms with Gasteiger partial charge in [-0.2, -0.15) is 0 Å². The number of hydrogen-bond donors (Lipinski definition) is 3. The van der Waals surface area contributed by atoms with Crippen LogP contribution in [-0.2, 0) is 23.1 Å². The summed E-state index contributed by atoms with van der Waals surface area (Å²) in [5, 5.41) is 6.55. The molecule has 0 unspecified atom stereocenters. The second kappa shape index (κ2) is 9.53. The number of sulfonamides is 1. The Labute approximate surface area is 162 Å². The van der Waals surface area contributed by atoms with Crippen LogP contribution >= 0.6 is 0 Å². The van der Waals surface area contributed by atoms with Gasteiger partial charge in [0.25, 0.3) is 0 Å². The maximum Gasteiger partial charge on any atom is 0.240 e. The number of aliphatic imine (C=N–C) groups is 1. The van der Waals surface area contributed by atoms with Gasteiger partial charge in [-0.25, -0.2) is 18.1 Å². The Morgan fingerprint density at radius 1 is 1.07 bits per heavy atom. The van der Waals surface area contributed by atoms with E-state index in [0.717, 1.165) is 12.1 Å². The number of nitrogens with zero attached hydrogens (tertiary/aromatic N) is 1. The van der Waals surface area contributed by atoms with Crippen LogP contribution in [0.2, 0.25) is 0 Å². The van der Waals surface area contributed by atoms with Crippen molar-refractivity contribution in [1.82, 2.24) is 15.4 Å². The first-order valence-electron chi connectivity index (χ1n) is 8.96. The Morgan fingerprint density at radius 3 is 2.52 bits per heavy atom. The predicted molar refractivity (Wildman–Crippen MR) is 110 cm³/mol. The molecule has 27 heavy (non-hydrogen) atoms. The Bertz CT molecular complexity index is 908. The van der Waals surface area contributed by atoms with Gasteiger partial charge < -0.3 is 10.6 Å². The molecule has 7 heteroatoms. The van der Waals surface area contributed by atoms with E-state index in [0.29, 0.717) is 19.0 Å². The van der Waals surface area contributed by atoms with Crippen molar-refractivity contribution in [2.24, 2.45) is 4.99 Å². The molecule has 2 aromatic rings. The van der Waals surface area contributed by atoms with E-state index in [9.17, 15) is 8.42 Å². The van der Waals surface area contributed by atoms with E-state index in [4.69, 9.17) is 0 Å². The minimum absolute atomic E-state index is 0.242. The van der Waals surface area contributed by atoms with Crippen molar-refractivity contribution in [3.8, 4) is 0 Å². The lowest BCUT2D eigenvalue weighted by atomic mass is 10.1. The molecular weight excluding hydrogens is 360 g/mol. The van der Waals surface area contributed by atoms with E-state index in [2.05, 4.69) is 52.4 Å². The van der Waals surface area contributed by atoms with Crippen LogP contribution in [0, 0.1) is 13.8 Å². The lowest BCUT2D eigenvalue weighted by Gasteiger charge is -2.13. The van der Waals surface area contributed by atoms with Crippen LogP contribution in [-0.4, -0.2) is 28.0 Å². The second-order valence-electron chi connectivity index (χ2n) is 6.33. The van der Waals surface area contributed by atoms with Crippen molar-refractivity contribution in [3.63, 3.8) is 0 Å². The maximum atomic E-state index is 11.9. The molecule has 0 saturated carbocycles. The largest absolute Gasteiger partial charge is 0.357 e. The summed E-state index contributed by atoms with van der Waals surface area (Å²) in [6.07, 6.45) is 0. The third-order valence-electron chi connectivity index (χ3n) is 4.19. The highest BCUT2D eigenvalue weighted by atomic mass is 32.2. The van der Waals surface area contributed by atoms with Gasteiger partial charge in [0.1, 0.15) is 0 Å². The SMILES string of the molecule is CCNC(=NCc1cccc(S(=O)(=O)NC)c1)NCc1ccc(C)cc1C. The number of aryl methyl sites for hydroxylation is 2. The first kappa shape index (κ1) is 20.9. The van der Waals surface area contributed by atoms with E-state index >= 15 is 0 Å². The third kappa shape index (κ3) is 6.08. The van der Waals surface area contributed by atoms with E-state index < -0.39 is 10.0 Å². The van der Waals surface area contributed by atoms with E-state index in [-0.39, 0.29) is 4.90 Å². The normalized spacial score (nSPS) is 12.1. The minimum atomic E-state index is -3.45. The third-order valence-corrected chi connectivity index (χ3v) is 5.60. The summed E-state index contributed by atoms with van der Waals surface area (Å²) < 4.78 is 26.2. The molecular formula is C20H28N4O2S. The van der Waals surface area contributed by atoms with Crippen molar-refractivity contribution >= 4 is 16.0 Å². The van der Waals surface area contributed by atoms with Crippen LogP contribution in [0.25, 0.3) is 0 Å². The van der Waals surface area contributed by atoms with Crippen molar-refractivity contribution in [3.05, 3.63) is 64.7 Å². The maximum absolute atomic E-state index is 11.9. The molecule has 0 aliphatic heterocycles. The van der Waals surface area contributed by atoms with Gasteiger partial charge in [0.2, 0.25) is 10.0 Å². The van der Waals surface area contributed by atoms with Crippen LogP contribution in [0.1, 0.15) is 29.2 Å². The second-order valence-corrected chi connectivity index (χ2v) is 8.22. The average Bonchev–Trinajstić information content (AvgIpc) is 2.65. The summed E-state index contributed by atoms with van der Waals surface area (Å²) in [6, 6.07) is 13.2. The fourth-order valence-corrected chi connectivity index (χ4v) is 3.46. The number of nitrogens with one attached hydrogen (secondary N) is 3. The van der Waals surface area contributed by atoms with Gasteiger partial charge >= 0.3 is 0 Å². The highest BCUT2D eigenvalue weighted by molar-refractivity contribution is 7.89. The summed E-state index contributed by atoms with van der Waals surface area (Å²) in [5.74, 6) is 0.694. The molecule has 2 aromatic carbocycles. The molecule has 6 nitrogen and oxygen atoms in total. The van der Waals surface area contributed by atoms with Crippen LogP contribution in [0.4, 0.5) is 0 Å². The van der Waals surface area contributed by atoms with Crippen LogP contribution in [0.3, 0.4) is 0 Å². The van der Waals surface area contributed by atoms with Crippen molar-refractivity contribution in [2.45, 2.75) is 38.8 Å². The summed E-state index contributed by atoms with van der Waals surface area (Å²) >= 11 is 0. The van der Waals surface area contributed by atoms with Crippen molar-refractivity contribution < 1.29 is 8.42 Å². The molecule has 0 saturated heterocycles. The molecule has 0 amide bonds. The lowest BCUT2D eigenvalue weighted by Crippen LogP contribution is -2.36. The molecule has 0 bridgehead atoms. The Kier molecular flexibility index (Phi) is 7.38. The molecule has 0 spiro atoms. The smallest absolute Gasteiger partial charge is 0.240 e. The molecule has 0 radical (unpaired) electrons. The highest BCUT2D eigenvalue weighted by Gasteiger charge is 2.11. The summed E-state index contributed by atoms with van der Waals surface area (Å²) in [5.41, 5.74) is 4.53. The molecule has 0 atom stereocenters. The Balaban J connectivity index is 2.10. The molecule has 0 heterocycles. The summed E-state index contributed by atoms with van der Waals surface area (Å²) in [4.78, 5) is 4.82. The topological polar surface area (TPSA) is 82.6 Å². The van der Waals surface area contributed by atoms with E-state index in [1.165, 1.54) is 23.7 Å². The van der Waals surface area contributed by atoms with Gasteiger partial charge in [0, 0.05) is 13.1 Å². The van der Waals surface area contributed by atoms with E-state index in [1.54, 1.807) is 18.2 Å². The zero-order valence-electron chi connectivity index (χ0n) is 16.3. The molecule has 3 N–H and O–H groups in total. The molecule has 0 fully saturated rings. The highest BCUT2D eigenvalue weighted by Crippen LogP contribution is 2.12. The first-order chi connectivity index (χ1) is 12.9. The first-order valence-corrected chi connectivity index (χ1v) is 10.4. The summed E-state index contributed by atoms with van der Waals surface area (Å²) in [6.45, 7) is 7.99.